The summed E-state index contributed by atoms with van der Waals surface area (Å²) in [5.74, 6) is 2.30. The quantitative estimate of drug-likeness (QED) is 0.814. The van der Waals surface area contributed by atoms with Crippen molar-refractivity contribution >= 4 is 17.4 Å². The number of hydrogen-bond donors (Lipinski definition) is 1. The number of rotatable bonds is 7. The van der Waals surface area contributed by atoms with Crippen molar-refractivity contribution in [3.63, 3.8) is 0 Å². The number of amides is 2. The Balaban J connectivity index is 2.24. The standard InChI is InChI=1S/C19H24N2O5/c1-6-21(14-8-10-16(24-3)18(12-14)26-5)19(22)20-13-7-9-15(23-2)17(11-13)25-4/h7-12H,6H2,1-5H3,(H,20,22). The van der Waals surface area contributed by atoms with E-state index in [9.17, 15) is 4.79 Å². The maximum absolute atomic E-state index is 12.7. The lowest BCUT2D eigenvalue weighted by atomic mass is 10.2. The lowest BCUT2D eigenvalue weighted by molar-refractivity contribution is 0.257. The van der Waals surface area contributed by atoms with Gasteiger partial charge in [-0.25, -0.2) is 4.79 Å². The fourth-order valence-corrected chi connectivity index (χ4v) is 2.54. The first-order valence-electron chi connectivity index (χ1n) is 8.10. The maximum atomic E-state index is 12.7. The number of nitrogens with one attached hydrogen (secondary N) is 1. The first-order chi connectivity index (χ1) is 12.6. The third kappa shape index (κ3) is 4.11. The minimum absolute atomic E-state index is 0.271. The number of anilines is 2. The van der Waals surface area contributed by atoms with Crippen molar-refractivity contribution in [2.45, 2.75) is 6.92 Å². The molecule has 0 aliphatic heterocycles. The van der Waals surface area contributed by atoms with Gasteiger partial charge >= 0.3 is 6.03 Å². The van der Waals surface area contributed by atoms with Crippen LogP contribution in [0, 0.1) is 0 Å². The molecule has 26 heavy (non-hydrogen) atoms. The van der Waals surface area contributed by atoms with Gasteiger partial charge in [0.05, 0.1) is 28.4 Å². The zero-order valence-electron chi connectivity index (χ0n) is 15.7. The van der Waals surface area contributed by atoms with Gasteiger partial charge in [-0.1, -0.05) is 0 Å². The van der Waals surface area contributed by atoms with Crippen LogP contribution in [0.2, 0.25) is 0 Å². The van der Waals surface area contributed by atoms with E-state index >= 15 is 0 Å². The van der Waals surface area contributed by atoms with Gasteiger partial charge in [0.1, 0.15) is 0 Å². The van der Waals surface area contributed by atoms with Crippen molar-refractivity contribution in [2.75, 3.05) is 45.2 Å². The van der Waals surface area contributed by atoms with Crippen LogP contribution in [-0.2, 0) is 0 Å². The Hall–Kier alpha value is -3.09. The summed E-state index contributed by atoms with van der Waals surface area (Å²) in [7, 11) is 6.23. The van der Waals surface area contributed by atoms with Gasteiger partial charge in [0, 0.05) is 30.1 Å². The normalized spacial score (nSPS) is 10.0. The summed E-state index contributed by atoms with van der Waals surface area (Å²) in [4.78, 5) is 14.3. The van der Waals surface area contributed by atoms with Crippen LogP contribution in [0.4, 0.5) is 16.2 Å². The fourth-order valence-electron chi connectivity index (χ4n) is 2.54. The molecule has 2 aromatic rings. The SMILES string of the molecule is CCN(C(=O)Nc1ccc(OC)c(OC)c1)c1ccc(OC)c(OC)c1. The van der Waals surface area contributed by atoms with E-state index in [0.717, 1.165) is 0 Å². The summed E-state index contributed by atoms with van der Waals surface area (Å²) >= 11 is 0. The minimum atomic E-state index is -0.271. The first-order valence-corrected chi connectivity index (χ1v) is 8.10. The van der Waals surface area contributed by atoms with Gasteiger partial charge in [-0.05, 0) is 31.2 Å². The molecule has 7 nitrogen and oxygen atoms in total. The summed E-state index contributed by atoms with van der Waals surface area (Å²) in [6, 6.07) is 10.3. The van der Waals surface area contributed by atoms with Gasteiger partial charge in [-0.15, -0.1) is 0 Å². The van der Waals surface area contributed by atoms with Crippen LogP contribution in [-0.4, -0.2) is 41.0 Å². The van der Waals surface area contributed by atoms with Gasteiger partial charge < -0.3 is 24.3 Å². The molecule has 0 atom stereocenters. The van der Waals surface area contributed by atoms with E-state index < -0.39 is 0 Å². The van der Waals surface area contributed by atoms with Crippen molar-refractivity contribution in [3.8, 4) is 23.0 Å². The first kappa shape index (κ1) is 19.2. The van der Waals surface area contributed by atoms with Crippen molar-refractivity contribution in [1.29, 1.82) is 0 Å². The van der Waals surface area contributed by atoms with Crippen LogP contribution < -0.4 is 29.2 Å². The second-order valence-electron chi connectivity index (χ2n) is 5.28. The average Bonchev–Trinajstić information content (AvgIpc) is 2.68. The molecular formula is C19H24N2O5. The summed E-state index contributed by atoms with van der Waals surface area (Å²) in [5, 5.41) is 2.86. The van der Waals surface area contributed by atoms with Crippen molar-refractivity contribution in [3.05, 3.63) is 36.4 Å². The number of hydrogen-bond acceptors (Lipinski definition) is 5. The molecule has 0 aromatic heterocycles. The topological polar surface area (TPSA) is 69.3 Å². The molecule has 0 saturated carbocycles. The largest absolute Gasteiger partial charge is 0.493 e. The average molecular weight is 360 g/mol. The molecule has 2 rings (SSSR count). The lowest BCUT2D eigenvalue weighted by Crippen LogP contribution is -2.34. The molecule has 0 fully saturated rings. The Morgan fingerprint density at radius 2 is 1.38 bits per heavy atom. The van der Waals surface area contributed by atoms with Gasteiger partial charge in [0.15, 0.2) is 23.0 Å². The number of carbonyl (C=O) groups is 1. The number of nitrogens with zero attached hydrogens (tertiary/aromatic N) is 1. The molecule has 0 unspecified atom stereocenters. The molecule has 1 N–H and O–H groups in total. The van der Waals surface area contributed by atoms with Gasteiger partial charge in [-0.3, -0.25) is 4.90 Å². The van der Waals surface area contributed by atoms with Gasteiger partial charge in [0.25, 0.3) is 0 Å². The van der Waals surface area contributed by atoms with E-state index in [2.05, 4.69) is 5.32 Å². The second kappa shape index (κ2) is 8.84. The van der Waals surface area contributed by atoms with Gasteiger partial charge in [0.2, 0.25) is 0 Å². The molecule has 0 saturated heterocycles. The van der Waals surface area contributed by atoms with Crippen molar-refractivity contribution in [2.24, 2.45) is 0 Å². The van der Waals surface area contributed by atoms with Crippen LogP contribution >= 0.6 is 0 Å². The molecule has 0 spiro atoms. The highest BCUT2D eigenvalue weighted by Gasteiger charge is 2.17. The molecule has 0 radical (unpaired) electrons. The zero-order valence-corrected chi connectivity index (χ0v) is 15.7. The molecule has 0 aliphatic rings. The van der Waals surface area contributed by atoms with Gasteiger partial charge in [-0.2, -0.15) is 0 Å². The molecule has 0 bridgehead atoms. The van der Waals surface area contributed by atoms with E-state index in [1.807, 2.05) is 6.92 Å². The number of ether oxygens (including phenoxy) is 4. The molecular weight excluding hydrogens is 336 g/mol. The van der Waals surface area contributed by atoms with Crippen LogP contribution in [0.25, 0.3) is 0 Å². The van der Waals surface area contributed by atoms with E-state index in [-0.39, 0.29) is 6.03 Å². The highest BCUT2D eigenvalue weighted by molar-refractivity contribution is 6.02. The molecule has 7 heteroatoms. The van der Waals surface area contributed by atoms with Crippen molar-refractivity contribution < 1.29 is 23.7 Å². The van der Waals surface area contributed by atoms with E-state index in [0.29, 0.717) is 40.9 Å². The van der Waals surface area contributed by atoms with Crippen LogP contribution in [0.5, 0.6) is 23.0 Å². The Bertz CT molecular complexity index is 764. The number of benzene rings is 2. The summed E-state index contributed by atoms with van der Waals surface area (Å²) in [5.41, 5.74) is 1.30. The Kier molecular flexibility index (Phi) is 6.54. The molecule has 140 valence electrons. The smallest absolute Gasteiger partial charge is 0.326 e. The maximum Gasteiger partial charge on any atom is 0.326 e. The lowest BCUT2D eigenvalue weighted by Gasteiger charge is -2.23. The summed E-state index contributed by atoms with van der Waals surface area (Å²) < 4.78 is 21.0. The van der Waals surface area contributed by atoms with Crippen LogP contribution in [0.1, 0.15) is 6.92 Å². The summed E-state index contributed by atoms with van der Waals surface area (Å²) in [6.07, 6.45) is 0. The highest BCUT2D eigenvalue weighted by Crippen LogP contribution is 2.32. The fraction of sp³-hybridized carbons (Fsp3) is 0.316. The monoisotopic (exact) mass is 360 g/mol. The predicted octanol–water partition coefficient (Wildman–Crippen LogP) is 3.78. The zero-order chi connectivity index (χ0) is 19.1. The van der Waals surface area contributed by atoms with Crippen LogP contribution in [0.3, 0.4) is 0 Å². The van der Waals surface area contributed by atoms with E-state index in [1.54, 1.807) is 69.7 Å². The highest BCUT2D eigenvalue weighted by atomic mass is 16.5. The number of methoxy groups -OCH3 is 4. The summed E-state index contributed by atoms with van der Waals surface area (Å²) in [6.45, 7) is 2.37. The Morgan fingerprint density at radius 1 is 0.846 bits per heavy atom. The second-order valence-corrected chi connectivity index (χ2v) is 5.28. The Morgan fingerprint density at radius 3 is 1.92 bits per heavy atom. The molecule has 0 heterocycles. The van der Waals surface area contributed by atoms with Crippen molar-refractivity contribution in [1.82, 2.24) is 0 Å². The number of urea groups is 1. The van der Waals surface area contributed by atoms with E-state index in [1.165, 1.54) is 0 Å². The predicted molar refractivity (Wildman–Crippen MR) is 101 cm³/mol. The molecule has 2 amide bonds. The van der Waals surface area contributed by atoms with Crippen LogP contribution in [0.15, 0.2) is 36.4 Å². The third-order valence-corrected chi connectivity index (χ3v) is 3.87. The third-order valence-electron chi connectivity index (χ3n) is 3.87. The minimum Gasteiger partial charge on any atom is -0.493 e. The van der Waals surface area contributed by atoms with E-state index in [4.69, 9.17) is 18.9 Å². The Labute approximate surface area is 153 Å². The molecule has 2 aromatic carbocycles. The number of carbonyl (C=O) groups excluding carboxylic acids is 1. The molecule has 0 aliphatic carbocycles.